The maximum absolute atomic E-state index is 13.9. The average molecular weight is 808 g/mol. The third-order valence-corrected chi connectivity index (χ3v) is 11.7. The summed E-state index contributed by atoms with van der Waals surface area (Å²) < 4.78 is 9.54. The summed E-state index contributed by atoms with van der Waals surface area (Å²) in [5.74, 6) is 0.581. The minimum atomic E-state index is -0.733. The molecule has 59 heavy (non-hydrogen) atoms. The Morgan fingerprint density at radius 3 is 1.66 bits per heavy atom. The molecule has 5 amide bonds. The van der Waals surface area contributed by atoms with Gasteiger partial charge in [-0.15, -0.1) is 0 Å². The number of fused-ring (bicyclic) bond motifs is 3. The number of likely N-dealkylation sites (tertiary alicyclic amines) is 2. The lowest BCUT2D eigenvalue weighted by Crippen LogP contribution is -2.51. The molecule has 0 spiro atoms. The summed E-state index contributed by atoms with van der Waals surface area (Å²) in [5, 5.41) is 5.38. The highest BCUT2D eigenvalue weighted by Crippen LogP contribution is 2.39. The number of aromatic nitrogens is 4. The van der Waals surface area contributed by atoms with E-state index in [1.165, 1.54) is 14.2 Å². The fourth-order valence-corrected chi connectivity index (χ4v) is 8.50. The predicted molar refractivity (Wildman–Crippen MR) is 219 cm³/mol. The van der Waals surface area contributed by atoms with Crippen LogP contribution in [0.1, 0.15) is 93.0 Å². The highest BCUT2D eigenvalue weighted by Gasteiger charge is 2.39. The van der Waals surface area contributed by atoms with Gasteiger partial charge in [0.05, 0.1) is 50.1 Å². The van der Waals surface area contributed by atoms with Gasteiger partial charge in [0, 0.05) is 37.8 Å². The summed E-state index contributed by atoms with van der Waals surface area (Å²) >= 11 is 0. The van der Waals surface area contributed by atoms with Crippen LogP contribution in [0.5, 0.6) is 0 Å². The fourth-order valence-electron chi connectivity index (χ4n) is 8.50. The molecule has 2 aromatic carbocycles. The number of nitrogens with zero attached hydrogens (tertiary/aromatic N) is 5. The van der Waals surface area contributed by atoms with E-state index < -0.39 is 24.3 Å². The van der Waals surface area contributed by atoms with Crippen LogP contribution >= 0.6 is 0 Å². The highest BCUT2D eigenvalue weighted by molar-refractivity contribution is 6.03. The number of hydrogen-bond acceptors (Lipinski definition) is 9. The third-order valence-electron chi connectivity index (χ3n) is 11.7. The van der Waals surface area contributed by atoms with Crippen LogP contribution in [-0.4, -0.2) is 111 Å². The second-order valence-electron chi connectivity index (χ2n) is 16.3. The smallest absolute Gasteiger partial charge is 0.407 e. The van der Waals surface area contributed by atoms with E-state index in [0.717, 1.165) is 64.9 Å². The maximum Gasteiger partial charge on any atom is 0.407 e. The number of hydrogen-bond donors (Lipinski definition) is 4. The first-order valence-corrected chi connectivity index (χ1v) is 20.2. The van der Waals surface area contributed by atoms with Crippen molar-refractivity contribution in [2.75, 3.05) is 34.4 Å². The number of imidazole rings is 2. The number of carbonyl (C=O) groups excluding carboxylic acids is 5. The number of rotatable bonds is 10. The first kappa shape index (κ1) is 41.0. The molecule has 2 fully saturated rings. The van der Waals surface area contributed by atoms with Gasteiger partial charge in [0.15, 0.2) is 0 Å². The van der Waals surface area contributed by atoms with Crippen molar-refractivity contribution in [3.63, 3.8) is 0 Å². The van der Waals surface area contributed by atoms with Crippen LogP contribution < -0.4 is 10.6 Å². The molecule has 4 N–H and O–H groups in total. The van der Waals surface area contributed by atoms with Gasteiger partial charge in [0.1, 0.15) is 23.7 Å². The number of amides is 5. The molecular formula is C43H53N9O7. The lowest BCUT2D eigenvalue weighted by molar-refractivity contribution is -0.136. The molecule has 7 rings (SSSR count). The van der Waals surface area contributed by atoms with E-state index in [4.69, 9.17) is 19.4 Å². The van der Waals surface area contributed by atoms with Crippen LogP contribution in [0.2, 0.25) is 0 Å². The highest BCUT2D eigenvalue weighted by atomic mass is 16.5. The molecule has 0 bridgehead atoms. The minimum absolute atomic E-state index is 0.110. The Morgan fingerprint density at radius 1 is 0.712 bits per heavy atom. The van der Waals surface area contributed by atoms with E-state index in [1.807, 2.05) is 58.0 Å². The summed E-state index contributed by atoms with van der Waals surface area (Å²) in [6.45, 7) is 9.04. The molecule has 16 heteroatoms. The van der Waals surface area contributed by atoms with Crippen LogP contribution in [0, 0.1) is 11.8 Å². The molecule has 5 heterocycles. The van der Waals surface area contributed by atoms with Crippen LogP contribution in [0.25, 0.3) is 33.6 Å². The molecular weight excluding hydrogens is 755 g/mol. The Labute approximate surface area is 343 Å². The van der Waals surface area contributed by atoms with Gasteiger partial charge in [-0.25, -0.2) is 19.6 Å². The Balaban J connectivity index is 1.11. The van der Waals surface area contributed by atoms with Gasteiger partial charge in [-0.2, -0.15) is 0 Å². The molecule has 16 nitrogen and oxygen atoms in total. The van der Waals surface area contributed by atoms with Gasteiger partial charge in [-0.3, -0.25) is 14.4 Å². The van der Waals surface area contributed by atoms with E-state index in [9.17, 15) is 24.0 Å². The second kappa shape index (κ2) is 17.0. The molecule has 312 valence electrons. The van der Waals surface area contributed by atoms with Crippen LogP contribution in [0.3, 0.4) is 0 Å². The maximum atomic E-state index is 13.9. The van der Waals surface area contributed by atoms with Gasteiger partial charge in [0.2, 0.25) is 11.8 Å². The van der Waals surface area contributed by atoms with Gasteiger partial charge in [0.25, 0.3) is 5.91 Å². The molecule has 2 saturated heterocycles. The van der Waals surface area contributed by atoms with Crippen molar-refractivity contribution >= 4 is 29.9 Å². The predicted octanol–water partition coefficient (Wildman–Crippen LogP) is 5.81. The van der Waals surface area contributed by atoms with Gasteiger partial charge in [-0.05, 0) is 71.9 Å². The fraction of sp³-hybridized carbons (Fsp3) is 0.465. The van der Waals surface area contributed by atoms with Crippen molar-refractivity contribution in [2.24, 2.45) is 11.8 Å². The summed E-state index contributed by atoms with van der Waals surface area (Å²) in [7, 11) is 4.35. The quantitative estimate of drug-likeness (QED) is 0.153. The number of carbonyl (C=O) groups is 5. The van der Waals surface area contributed by atoms with E-state index in [1.54, 1.807) is 34.1 Å². The summed E-state index contributed by atoms with van der Waals surface area (Å²) in [4.78, 5) is 86.9. The third kappa shape index (κ3) is 8.12. The van der Waals surface area contributed by atoms with Crippen molar-refractivity contribution in [3.8, 4) is 33.6 Å². The molecule has 4 aromatic rings. The summed E-state index contributed by atoms with van der Waals surface area (Å²) in [5.41, 5.74) is 6.52. The standard InChI is InChI=1S/C43H53N9O7/c1-23(2)35(48-42(56)58-6)40(54)51-16-8-10-33(51)37-44-20-31(46-37)25-12-14-28-27(18-25)22-50(5)39(53)30-19-26(13-15-29(28)30)32-21-45-38(47-32)34-11-9-17-52(34)41(55)36(24(3)4)49-43(57)59-7/h12-15,18-21,23-24,33-36H,8-11,16-17,22H2,1-7H3,(H,44,46)(H,45,47)(H,48,56)(H,49,57). The number of methoxy groups -OCH3 is 2. The molecule has 4 unspecified atom stereocenters. The van der Waals surface area contributed by atoms with Crippen LogP contribution in [-0.2, 0) is 25.6 Å². The SMILES string of the molecule is COC(=O)NC(C(=O)N1CCCC1c1ncc(-c2ccc3c(c2)CN(C)C(=O)c2cc(-c4cnc(C5CCCN5C(=O)C(NC(=O)OC)C(C)C)[nH]4)ccc2-3)[nH]1)C(C)C. The zero-order valence-corrected chi connectivity index (χ0v) is 34.6. The van der Waals surface area contributed by atoms with Crippen molar-refractivity contribution in [3.05, 3.63) is 71.6 Å². The summed E-state index contributed by atoms with van der Waals surface area (Å²) in [6, 6.07) is 9.95. The number of nitrogens with one attached hydrogen (secondary N) is 4. The van der Waals surface area contributed by atoms with Crippen LogP contribution in [0.15, 0.2) is 48.8 Å². The second-order valence-corrected chi connectivity index (χ2v) is 16.3. The number of benzene rings is 2. The van der Waals surface area contributed by atoms with E-state index in [0.29, 0.717) is 36.8 Å². The van der Waals surface area contributed by atoms with Crippen molar-refractivity contribution in [1.82, 2.24) is 45.3 Å². The topological polar surface area (TPSA) is 195 Å². The monoisotopic (exact) mass is 807 g/mol. The zero-order chi connectivity index (χ0) is 42.1. The lowest BCUT2D eigenvalue weighted by Gasteiger charge is -2.30. The molecule has 4 atom stereocenters. The van der Waals surface area contributed by atoms with Gasteiger partial charge < -0.3 is 44.8 Å². The molecule has 2 aromatic heterocycles. The van der Waals surface area contributed by atoms with Crippen molar-refractivity contribution in [2.45, 2.75) is 84.1 Å². The van der Waals surface area contributed by atoms with Crippen LogP contribution in [0.4, 0.5) is 9.59 Å². The lowest BCUT2D eigenvalue weighted by atomic mass is 9.93. The number of alkyl carbamates (subject to hydrolysis) is 2. The first-order valence-electron chi connectivity index (χ1n) is 20.2. The Hall–Kier alpha value is -6.19. The van der Waals surface area contributed by atoms with E-state index in [-0.39, 0.29) is 41.6 Å². The number of ether oxygens (including phenoxy) is 2. The molecule has 3 aliphatic heterocycles. The zero-order valence-electron chi connectivity index (χ0n) is 34.6. The molecule has 0 saturated carbocycles. The Kier molecular flexibility index (Phi) is 11.8. The van der Waals surface area contributed by atoms with E-state index >= 15 is 0 Å². The average Bonchev–Trinajstić information content (AvgIpc) is 4.07. The van der Waals surface area contributed by atoms with Crippen molar-refractivity contribution < 1.29 is 33.4 Å². The molecule has 0 radical (unpaired) electrons. The molecule has 3 aliphatic rings. The van der Waals surface area contributed by atoms with Gasteiger partial charge in [-0.1, -0.05) is 52.0 Å². The number of H-pyrrole nitrogens is 2. The van der Waals surface area contributed by atoms with E-state index in [2.05, 4.69) is 26.7 Å². The minimum Gasteiger partial charge on any atom is -0.453 e. The first-order chi connectivity index (χ1) is 28.3. The number of aromatic amines is 2. The largest absolute Gasteiger partial charge is 0.453 e. The Bertz CT molecular complexity index is 2250. The molecule has 0 aliphatic carbocycles. The summed E-state index contributed by atoms with van der Waals surface area (Å²) in [6.07, 6.45) is 5.29. The van der Waals surface area contributed by atoms with Gasteiger partial charge >= 0.3 is 12.2 Å². The normalized spacial score (nSPS) is 18.7. The Morgan fingerprint density at radius 2 is 1.19 bits per heavy atom. The van der Waals surface area contributed by atoms with Crippen molar-refractivity contribution in [1.29, 1.82) is 0 Å².